The van der Waals surface area contributed by atoms with E-state index >= 15 is 0 Å². The first-order valence-corrected chi connectivity index (χ1v) is 8.81. The molecule has 1 aliphatic rings. The van der Waals surface area contributed by atoms with Crippen molar-refractivity contribution in [3.8, 4) is 0 Å². The first-order valence-electron chi connectivity index (χ1n) is 7.93. The molecule has 3 rings (SSSR count). The van der Waals surface area contributed by atoms with Crippen LogP contribution >= 0.6 is 11.3 Å². The molecule has 2 aromatic rings. The normalized spacial score (nSPS) is 20.7. The SMILES string of the molecule is C[C@@H]1CN(C(=O)c2ccccc2NC(=O)c2cccs2)C[C@@H](C)O1. The molecule has 0 unspecified atom stereocenters. The van der Waals surface area contributed by atoms with Crippen molar-refractivity contribution in [2.45, 2.75) is 26.1 Å². The number of morpholine rings is 1. The fourth-order valence-electron chi connectivity index (χ4n) is 2.88. The second-order valence-corrected chi connectivity index (χ2v) is 6.89. The minimum Gasteiger partial charge on any atom is -0.372 e. The summed E-state index contributed by atoms with van der Waals surface area (Å²) in [6.07, 6.45) is 0.0103. The van der Waals surface area contributed by atoms with Gasteiger partial charge in [-0.15, -0.1) is 11.3 Å². The average Bonchev–Trinajstić information content (AvgIpc) is 3.08. The molecule has 2 heterocycles. The molecule has 1 N–H and O–H groups in total. The van der Waals surface area contributed by atoms with E-state index in [2.05, 4.69) is 5.32 Å². The number of rotatable bonds is 3. The second kappa shape index (κ2) is 7.15. The van der Waals surface area contributed by atoms with Gasteiger partial charge in [-0.1, -0.05) is 18.2 Å². The molecule has 0 saturated carbocycles. The standard InChI is InChI=1S/C18H20N2O3S/c1-12-10-20(11-13(2)23-12)18(22)14-6-3-4-7-15(14)19-17(21)16-8-5-9-24-16/h3-9,12-13H,10-11H2,1-2H3,(H,19,21)/t12-,13-/m1/s1. The van der Waals surface area contributed by atoms with Gasteiger partial charge in [-0.2, -0.15) is 0 Å². The molecule has 24 heavy (non-hydrogen) atoms. The number of benzene rings is 1. The predicted octanol–water partition coefficient (Wildman–Crippen LogP) is 3.25. The zero-order chi connectivity index (χ0) is 17.1. The molecule has 1 aromatic carbocycles. The topological polar surface area (TPSA) is 58.6 Å². The van der Waals surface area contributed by atoms with E-state index in [1.54, 1.807) is 29.2 Å². The highest BCUT2D eigenvalue weighted by molar-refractivity contribution is 7.12. The van der Waals surface area contributed by atoms with Crippen molar-refractivity contribution < 1.29 is 14.3 Å². The summed E-state index contributed by atoms with van der Waals surface area (Å²) in [5.74, 6) is -0.284. The van der Waals surface area contributed by atoms with Crippen molar-refractivity contribution >= 4 is 28.8 Å². The summed E-state index contributed by atoms with van der Waals surface area (Å²) in [6.45, 7) is 5.02. The van der Waals surface area contributed by atoms with Crippen molar-refractivity contribution in [1.29, 1.82) is 0 Å². The van der Waals surface area contributed by atoms with Gasteiger partial charge in [-0.05, 0) is 37.4 Å². The second-order valence-electron chi connectivity index (χ2n) is 5.94. The van der Waals surface area contributed by atoms with Crippen LogP contribution < -0.4 is 5.32 Å². The number of hydrogen-bond donors (Lipinski definition) is 1. The Kier molecular flexibility index (Phi) is 4.97. The Balaban J connectivity index is 1.81. The molecule has 126 valence electrons. The molecular formula is C18H20N2O3S. The van der Waals surface area contributed by atoms with Crippen LogP contribution in [-0.4, -0.2) is 42.0 Å². The largest absolute Gasteiger partial charge is 0.372 e. The maximum absolute atomic E-state index is 12.9. The number of para-hydroxylation sites is 1. The minimum atomic E-state index is -0.200. The Morgan fingerprint density at radius 1 is 1.12 bits per heavy atom. The Morgan fingerprint density at radius 3 is 2.50 bits per heavy atom. The van der Waals surface area contributed by atoms with Gasteiger partial charge < -0.3 is 15.0 Å². The summed E-state index contributed by atoms with van der Waals surface area (Å²) in [5, 5.41) is 4.70. The number of carbonyl (C=O) groups is 2. The van der Waals surface area contributed by atoms with Crippen LogP contribution in [0.2, 0.25) is 0 Å². The van der Waals surface area contributed by atoms with Gasteiger partial charge in [0.2, 0.25) is 0 Å². The number of thiophene rings is 1. The Bertz CT molecular complexity index is 720. The van der Waals surface area contributed by atoms with Gasteiger partial charge in [0.05, 0.1) is 28.3 Å². The van der Waals surface area contributed by atoms with Gasteiger partial charge in [0.1, 0.15) is 0 Å². The van der Waals surface area contributed by atoms with Crippen LogP contribution in [0.4, 0.5) is 5.69 Å². The van der Waals surface area contributed by atoms with Crippen molar-refractivity contribution in [2.24, 2.45) is 0 Å². The summed E-state index contributed by atoms with van der Waals surface area (Å²) < 4.78 is 5.68. The number of ether oxygens (including phenoxy) is 1. The van der Waals surface area contributed by atoms with E-state index in [0.717, 1.165) is 0 Å². The summed E-state index contributed by atoms with van der Waals surface area (Å²) in [5.41, 5.74) is 1.04. The fraction of sp³-hybridized carbons (Fsp3) is 0.333. The number of nitrogens with one attached hydrogen (secondary N) is 1. The predicted molar refractivity (Wildman–Crippen MR) is 94.6 cm³/mol. The fourth-order valence-corrected chi connectivity index (χ4v) is 3.50. The highest BCUT2D eigenvalue weighted by Crippen LogP contribution is 2.21. The van der Waals surface area contributed by atoms with Gasteiger partial charge in [0.25, 0.3) is 11.8 Å². The lowest BCUT2D eigenvalue weighted by Gasteiger charge is -2.35. The number of carbonyl (C=O) groups excluding carboxylic acids is 2. The zero-order valence-electron chi connectivity index (χ0n) is 13.7. The quantitative estimate of drug-likeness (QED) is 0.930. The Labute approximate surface area is 145 Å². The summed E-state index contributed by atoms with van der Waals surface area (Å²) in [4.78, 5) is 27.6. The monoisotopic (exact) mass is 344 g/mol. The third-order valence-electron chi connectivity index (χ3n) is 3.86. The maximum Gasteiger partial charge on any atom is 0.265 e. The molecule has 2 atom stereocenters. The summed E-state index contributed by atoms with van der Waals surface area (Å²) in [6, 6.07) is 10.7. The van der Waals surface area contributed by atoms with Gasteiger partial charge in [0.15, 0.2) is 0 Å². The third-order valence-corrected chi connectivity index (χ3v) is 4.73. The van der Waals surface area contributed by atoms with Gasteiger partial charge in [0, 0.05) is 13.1 Å². The van der Waals surface area contributed by atoms with Crippen molar-refractivity contribution in [3.63, 3.8) is 0 Å². The molecule has 1 fully saturated rings. The van der Waals surface area contributed by atoms with Crippen LogP contribution in [0.25, 0.3) is 0 Å². The van der Waals surface area contributed by atoms with Crippen LogP contribution in [0, 0.1) is 0 Å². The number of anilines is 1. The van der Waals surface area contributed by atoms with Crippen LogP contribution in [0.15, 0.2) is 41.8 Å². The summed E-state index contributed by atoms with van der Waals surface area (Å²) >= 11 is 1.37. The van der Waals surface area contributed by atoms with Gasteiger partial charge in [-0.25, -0.2) is 0 Å². The van der Waals surface area contributed by atoms with Gasteiger partial charge in [-0.3, -0.25) is 9.59 Å². The molecule has 0 aliphatic carbocycles. The molecule has 1 saturated heterocycles. The van der Waals surface area contributed by atoms with Crippen molar-refractivity contribution in [1.82, 2.24) is 4.90 Å². The van der Waals surface area contributed by atoms with Crippen LogP contribution in [0.5, 0.6) is 0 Å². The molecule has 0 bridgehead atoms. The summed E-state index contributed by atoms with van der Waals surface area (Å²) in [7, 11) is 0. The molecule has 1 aromatic heterocycles. The lowest BCUT2D eigenvalue weighted by Crippen LogP contribution is -2.48. The number of hydrogen-bond acceptors (Lipinski definition) is 4. The van der Waals surface area contributed by atoms with E-state index < -0.39 is 0 Å². The van der Waals surface area contributed by atoms with E-state index in [1.807, 2.05) is 31.4 Å². The third kappa shape index (κ3) is 3.66. The van der Waals surface area contributed by atoms with E-state index in [-0.39, 0.29) is 24.0 Å². The maximum atomic E-state index is 12.9. The van der Waals surface area contributed by atoms with Crippen LogP contribution in [0.3, 0.4) is 0 Å². The number of nitrogens with zero attached hydrogens (tertiary/aromatic N) is 1. The number of amides is 2. The van der Waals surface area contributed by atoms with Crippen molar-refractivity contribution in [2.75, 3.05) is 18.4 Å². The van der Waals surface area contributed by atoms with Gasteiger partial charge >= 0.3 is 0 Å². The minimum absolute atomic E-state index is 0.00516. The first-order chi connectivity index (χ1) is 11.5. The first kappa shape index (κ1) is 16.7. The molecule has 6 heteroatoms. The van der Waals surface area contributed by atoms with Crippen LogP contribution in [0.1, 0.15) is 33.9 Å². The highest BCUT2D eigenvalue weighted by Gasteiger charge is 2.28. The van der Waals surface area contributed by atoms with E-state index in [4.69, 9.17) is 4.74 Å². The lowest BCUT2D eigenvalue weighted by molar-refractivity contribution is -0.0585. The Morgan fingerprint density at radius 2 is 1.83 bits per heavy atom. The van der Waals surface area contributed by atoms with E-state index in [1.165, 1.54) is 11.3 Å². The van der Waals surface area contributed by atoms with Crippen molar-refractivity contribution in [3.05, 3.63) is 52.2 Å². The molecule has 0 radical (unpaired) electrons. The van der Waals surface area contributed by atoms with E-state index in [0.29, 0.717) is 29.2 Å². The molecule has 1 aliphatic heterocycles. The Hall–Kier alpha value is -2.18. The molecule has 0 spiro atoms. The molecule has 5 nitrogen and oxygen atoms in total. The smallest absolute Gasteiger partial charge is 0.265 e. The molecular weight excluding hydrogens is 324 g/mol. The van der Waals surface area contributed by atoms with E-state index in [9.17, 15) is 9.59 Å². The van der Waals surface area contributed by atoms with Crippen LogP contribution in [-0.2, 0) is 4.74 Å². The zero-order valence-corrected chi connectivity index (χ0v) is 14.5. The average molecular weight is 344 g/mol. The lowest BCUT2D eigenvalue weighted by atomic mass is 10.1. The highest BCUT2D eigenvalue weighted by atomic mass is 32.1. The molecule has 2 amide bonds.